The van der Waals surface area contributed by atoms with E-state index in [1.165, 1.54) is 0 Å². The number of rotatable bonds is 5. The zero-order chi connectivity index (χ0) is 27.8. The standard InChI is InChI=1S/C25H24F3N5.2C2H6/c1-15(2)20(12-16(3)25(26,27)28)22-13-23-21(8-5-11-33(23)32-22)31-24-19-7-4-6-17(14-29)18(19)9-10-30-24;2*1-2/h4,6-7,9-10,12-13,15,21H,3,5,8,11H2,1-2H3,(H,30,31);2*1-2H3/b20-12+;;. The van der Waals surface area contributed by atoms with Crippen LogP contribution in [0.15, 0.2) is 54.8 Å². The second-order valence-electron chi connectivity index (χ2n) is 8.47. The summed E-state index contributed by atoms with van der Waals surface area (Å²) in [5, 5.41) is 19.2. The largest absolute Gasteiger partial charge is 0.415 e. The number of hydrogen-bond donors (Lipinski definition) is 1. The van der Waals surface area contributed by atoms with Crippen LogP contribution in [0.1, 0.15) is 77.4 Å². The van der Waals surface area contributed by atoms with Crippen LogP contribution in [-0.4, -0.2) is 20.9 Å². The van der Waals surface area contributed by atoms with Gasteiger partial charge in [0.05, 0.1) is 29.1 Å². The summed E-state index contributed by atoms with van der Waals surface area (Å²) < 4.78 is 41.1. The molecule has 1 unspecified atom stereocenters. The molecule has 3 aromatic rings. The summed E-state index contributed by atoms with van der Waals surface area (Å²) in [6, 6.07) is 11.3. The van der Waals surface area contributed by atoms with E-state index in [1.807, 2.05) is 70.5 Å². The van der Waals surface area contributed by atoms with Crippen molar-refractivity contribution in [2.24, 2.45) is 5.92 Å². The lowest BCUT2D eigenvalue weighted by molar-refractivity contribution is -0.0877. The Kier molecular flexibility index (Phi) is 10.5. The van der Waals surface area contributed by atoms with Gasteiger partial charge in [-0.05, 0) is 48.6 Å². The molecule has 1 atom stereocenters. The van der Waals surface area contributed by atoms with Gasteiger partial charge in [0, 0.05) is 29.1 Å². The molecule has 37 heavy (non-hydrogen) atoms. The molecule has 0 aliphatic carbocycles. The van der Waals surface area contributed by atoms with E-state index in [0.29, 0.717) is 29.2 Å². The highest BCUT2D eigenvalue weighted by molar-refractivity contribution is 5.95. The molecule has 0 fully saturated rings. The summed E-state index contributed by atoms with van der Waals surface area (Å²) in [6.07, 6.45) is -0.0183. The van der Waals surface area contributed by atoms with E-state index in [0.717, 1.165) is 35.4 Å². The second kappa shape index (κ2) is 13.1. The molecule has 1 aliphatic rings. The zero-order valence-corrected chi connectivity index (χ0v) is 22.4. The van der Waals surface area contributed by atoms with E-state index in [-0.39, 0.29) is 12.0 Å². The minimum atomic E-state index is -4.48. The Balaban J connectivity index is 0.00000115. The number of halogens is 3. The van der Waals surface area contributed by atoms with Crippen LogP contribution < -0.4 is 5.32 Å². The summed E-state index contributed by atoms with van der Waals surface area (Å²) in [5.41, 5.74) is 1.61. The Morgan fingerprint density at radius 3 is 2.51 bits per heavy atom. The molecule has 4 rings (SSSR count). The van der Waals surface area contributed by atoms with Gasteiger partial charge in [-0.1, -0.05) is 60.3 Å². The van der Waals surface area contributed by atoms with E-state index >= 15 is 0 Å². The van der Waals surface area contributed by atoms with Gasteiger partial charge in [0.15, 0.2) is 0 Å². The van der Waals surface area contributed by atoms with Crippen LogP contribution in [0.2, 0.25) is 0 Å². The zero-order valence-electron chi connectivity index (χ0n) is 22.4. The van der Waals surface area contributed by atoms with Crippen LogP contribution >= 0.6 is 0 Å². The van der Waals surface area contributed by atoms with Crippen LogP contribution in [0.3, 0.4) is 0 Å². The van der Waals surface area contributed by atoms with Crippen molar-refractivity contribution < 1.29 is 13.2 Å². The topological polar surface area (TPSA) is 66.5 Å². The molecule has 1 N–H and O–H groups in total. The van der Waals surface area contributed by atoms with E-state index in [9.17, 15) is 18.4 Å². The average Bonchev–Trinajstić information content (AvgIpc) is 3.33. The Hall–Kier alpha value is -3.60. The normalized spacial score (nSPS) is 15.1. The number of hydrogen-bond acceptors (Lipinski definition) is 4. The molecule has 1 aromatic carbocycles. The van der Waals surface area contributed by atoms with Crippen LogP contribution in [-0.2, 0) is 6.54 Å². The minimum absolute atomic E-state index is 0.108. The predicted octanol–water partition coefficient (Wildman–Crippen LogP) is 8.46. The first-order valence-corrected chi connectivity index (χ1v) is 12.8. The number of aromatic nitrogens is 3. The molecule has 1 aliphatic heterocycles. The first-order chi connectivity index (χ1) is 17.7. The summed E-state index contributed by atoms with van der Waals surface area (Å²) in [4.78, 5) is 4.49. The van der Waals surface area contributed by atoms with Gasteiger partial charge in [-0.25, -0.2) is 4.98 Å². The Morgan fingerprint density at radius 2 is 1.89 bits per heavy atom. The smallest absolute Gasteiger partial charge is 0.361 e. The maximum Gasteiger partial charge on any atom is 0.415 e. The van der Waals surface area contributed by atoms with Crippen molar-refractivity contribution in [2.75, 3.05) is 5.32 Å². The number of anilines is 1. The highest BCUT2D eigenvalue weighted by atomic mass is 19.4. The second-order valence-corrected chi connectivity index (χ2v) is 8.47. The van der Waals surface area contributed by atoms with Crippen LogP contribution in [0, 0.1) is 17.2 Å². The fourth-order valence-corrected chi connectivity index (χ4v) is 4.16. The van der Waals surface area contributed by atoms with Crippen molar-refractivity contribution in [1.82, 2.24) is 14.8 Å². The third-order valence-electron chi connectivity index (χ3n) is 5.88. The van der Waals surface area contributed by atoms with Crippen molar-refractivity contribution in [3.8, 4) is 6.07 Å². The summed E-state index contributed by atoms with van der Waals surface area (Å²) in [6.45, 7) is 15.6. The Labute approximate surface area is 217 Å². The number of nitriles is 1. The van der Waals surface area contributed by atoms with Gasteiger partial charge in [0.25, 0.3) is 0 Å². The molecule has 5 nitrogen and oxygen atoms in total. The molecule has 0 bridgehead atoms. The molecule has 0 spiro atoms. The van der Waals surface area contributed by atoms with Crippen LogP contribution in [0.5, 0.6) is 0 Å². The fraction of sp³-hybridized carbons (Fsp3) is 0.414. The first kappa shape index (κ1) is 29.6. The summed E-state index contributed by atoms with van der Waals surface area (Å²) >= 11 is 0. The Bertz CT molecular complexity index is 1280. The van der Waals surface area contributed by atoms with Crippen molar-refractivity contribution in [2.45, 2.75) is 73.1 Å². The number of pyridine rings is 1. The Morgan fingerprint density at radius 1 is 1.19 bits per heavy atom. The predicted molar refractivity (Wildman–Crippen MR) is 145 cm³/mol. The number of aryl methyl sites for hydroxylation is 1. The number of nitrogens with one attached hydrogen (secondary N) is 1. The number of alkyl halides is 3. The third kappa shape index (κ3) is 6.79. The average molecular weight is 512 g/mol. The van der Waals surface area contributed by atoms with Gasteiger partial charge >= 0.3 is 6.18 Å². The van der Waals surface area contributed by atoms with E-state index in [4.69, 9.17) is 0 Å². The first-order valence-electron chi connectivity index (χ1n) is 12.8. The third-order valence-corrected chi connectivity index (χ3v) is 5.88. The number of nitrogens with zero attached hydrogens (tertiary/aromatic N) is 4. The van der Waals surface area contributed by atoms with Crippen LogP contribution in [0.4, 0.5) is 19.0 Å². The molecule has 2 aromatic heterocycles. The summed E-state index contributed by atoms with van der Waals surface area (Å²) in [5.74, 6) is 0.507. The maximum atomic E-state index is 13.1. The van der Waals surface area contributed by atoms with Gasteiger partial charge < -0.3 is 5.32 Å². The molecule has 0 radical (unpaired) electrons. The molecule has 8 heteroatoms. The molecular weight excluding hydrogens is 475 g/mol. The number of benzene rings is 1. The van der Waals surface area contributed by atoms with Crippen molar-refractivity contribution in [1.29, 1.82) is 5.26 Å². The van der Waals surface area contributed by atoms with Gasteiger partial charge in [0.2, 0.25) is 0 Å². The monoisotopic (exact) mass is 511 g/mol. The SMILES string of the molecule is C=C(/C=C(/c1cc2n(n1)CCCC2Nc1nccc2c(C#N)cccc12)C(C)C)C(F)(F)F.CC.CC. The van der Waals surface area contributed by atoms with E-state index in [2.05, 4.69) is 28.0 Å². The van der Waals surface area contributed by atoms with E-state index in [1.54, 1.807) is 12.3 Å². The number of allylic oxidation sites excluding steroid dienone is 3. The maximum absolute atomic E-state index is 13.1. The molecule has 0 saturated heterocycles. The lowest BCUT2D eigenvalue weighted by atomic mass is 9.96. The molecule has 0 amide bonds. The lowest BCUT2D eigenvalue weighted by Crippen LogP contribution is -2.22. The highest BCUT2D eigenvalue weighted by Crippen LogP contribution is 2.35. The molecular formula is C29H36F3N5. The van der Waals surface area contributed by atoms with Gasteiger partial charge in [-0.2, -0.15) is 23.5 Å². The summed E-state index contributed by atoms with van der Waals surface area (Å²) in [7, 11) is 0. The molecule has 198 valence electrons. The lowest BCUT2D eigenvalue weighted by Gasteiger charge is -2.25. The van der Waals surface area contributed by atoms with Gasteiger partial charge in [0.1, 0.15) is 5.82 Å². The van der Waals surface area contributed by atoms with Gasteiger partial charge in [-0.15, -0.1) is 0 Å². The minimum Gasteiger partial charge on any atom is -0.361 e. The van der Waals surface area contributed by atoms with Gasteiger partial charge in [-0.3, -0.25) is 4.68 Å². The molecule has 0 saturated carbocycles. The highest BCUT2D eigenvalue weighted by Gasteiger charge is 2.32. The molecule has 3 heterocycles. The van der Waals surface area contributed by atoms with Crippen molar-refractivity contribution in [3.63, 3.8) is 0 Å². The fourth-order valence-electron chi connectivity index (χ4n) is 4.16. The van der Waals surface area contributed by atoms with E-state index < -0.39 is 11.7 Å². The van der Waals surface area contributed by atoms with Crippen LogP contribution in [0.25, 0.3) is 16.3 Å². The van der Waals surface area contributed by atoms with Crippen molar-refractivity contribution in [3.05, 3.63) is 71.7 Å². The number of fused-ring (bicyclic) bond motifs is 2. The quantitative estimate of drug-likeness (QED) is 0.349. The van der Waals surface area contributed by atoms with Crippen molar-refractivity contribution >= 4 is 22.2 Å².